The second-order valence-corrected chi connectivity index (χ2v) is 4.01. The number of aryl methyl sites for hydroxylation is 1. The van der Waals surface area contributed by atoms with E-state index >= 15 is 0 Å². The van der Waals surface area contributed by atoms with Crippen LogP contribution in [-0.2, 0) is 0 Å². The molecule has 4 N–H and O–H groups in total. The van der Waals surface area contributed by atoms with E-state index in [4.69, 9.17) is 5.73 Å². The molecule has 2 rings (SSSR count). The van der Waals surface area contributed by atoms with Gasteiger partial charge in [0.1, 0.15) is 5.69 Å². The van der Waals surface area contributed by atoms with Gasteiger partial charge in [-0.1, -0.05) is 6.07 Å². The first-order valence-corrected chi connectivity index (χ1v) is 5.41. The number of carbonyl (C=O) groups is 2. The normalized spacial score (nSPS) is 10.1. The van der Waals surface area contributed by atoms with E-state index in [1.165, 1.54) is 12.3 Å². The molecular weight excluding hydrogens is 230 g/mol. The highest BCUT2D eigenvalue weighted by Gasteiger charge is 2.10. The van der Waals surface area contributed by atoms with Crippen LogP contribution >= 0.6 is 0 Å². The zero-order valence-corrected chi connectivity index (χ0v) is 9.86. The molecule has 1 aromatic heterocycles. The molecule has 92 valence electrons. The van der Waals surface area contributed by atoms with Crippen LogP contribution in [0, 0.1) is 6.92 Å². The van der Waals surface area contributed by atoms with E-state index in [-0.39, 0.29) is 5.91 Å². The predicted octanol–water partition coefficient (Wildman–Crippen LogP) is 1.97. The van der Waals surface area contributed by atoms with E-state index in [9.17, 15) is 9.59 Å². The summed E-state index contributed by atoms with van der Waals surface area (Å²) in [5.41, 5.74) is 8.57. The highest BCUT2D eigenvalue weighted by molar-refractivity contribution is 6.05. The molecular formula is C13H13N3O2. The Kier molecular flexibility index (Phi) is 3.14. The molecule has 0 bridgehead atoms. The largest absolute Gasteiger partial charge is 0.397 e. The minimum Gasteiger partial charge on any atom is -0.397 e. The van der Waals surface area contributed by atoms with Crippen molar-refractivity contribution in [2.45, 2.75) is 6.92 Å². The van der Waals surface area contributed by atoms with Crippen LogP contribution in [0.3, 0.4) is 0 Å². The van der Waals surface area contributed by atoms with E-state index in [2.05, 4.69) is 10.3 Å². The topological polar surface area (TPSA) is 88.0 Å². The summed E-state index contributed by atoms with van der Waals surface area (Å²) in [6.07, 6.45) is 2.15. The molecule has 0 atom stereocenters. The van der Waals surface area contributed by atoms with Gasteiger partial charge in [0, 0.05) is 11.8 Å². The van der Waals surface area contributed by atoms with Gasteiger partial charge in [-0.25, -0.2) is 0 Å². The number of aromatic amines is 1. The predicted molar refractivity (Wildman–Crippen MR) is 69.7 cm³/mol. The van der Waals surface area contributed by atoms with Gasteiger partial charge in [-0.05, 0) is 30.7 Å². The average molecular weight is 243 g/mol. The third kappa shape index (κ3) is 2.40. The number of hydrogen-bond donors (Lipinski definition) is 3. The number of rotatable bonds is 3. The van der Waals surface area contributed by atoms with Crippen molar-refractivity contribution in [2.75, 3.05) is 11.1 Å². The number of hydrogen-bond acceptors (Lipinski definition) is 3. The molecule has 0 aliphatic rings. The standard InChI is InChI=1S/C13H13N3O2/c1-8-2-3-10(14)11(4-8)16-13(18)12-5-9(7-17)6-15-12/h2-7,15H,14H2,1H3,(H,16,18). The molecule has 0 spiro atoms. The molecule has 5 nitrogen and oxygen atoms in total. The van der Waals surface area contributed by atoms with Gasteiger partial charge in [0.05, 0.1) is 11.4 Å². The SMILES string of the molecule is Cc1ccc(N)c(NC(=O)c2cc(C=O)c[nH]2)c1. The Balaban J connectivity index is 2.20. The maximum Gasteiger partial charge on any atom is 0.272 e. The third-order valence-corrected chi connectivity index (χ3v) is 2.54. The number of nitrogens with one attached hydrogen (secondary N) is 2. The maximum atomic E-state index is 11.9. The van der Waals surface area contributed by atoms with Crippen LogP contribution in [0.15, 0.2) is 30.5 Å². The second kappa shape index (κ2) is 4.75. The van der Waals surface area contributed by atoms with Gasteiger partial charge < -0.3 is 16.0 Å². The molecule has 0 unspecified atom stereocenters. The van der Waals surface area contributed by atoms with Crippen LogP contribution in [-0.4, -0.2) is 17.2 Å². The van der Waals surface area contributed by atoms with Crippen molar-refractivity contribution in [3.8, 4) is 0 Å². The lowest BCUT2D eigenvalue weighted by molar-refractivity contribution is 0.102. The minimum atomic E-state index is -0.333. The molecule has 0 radical (unpaired) electrons. The summed E-state index contributed by atoms with van der Waals surface area (Å²) in [6, 6.07) is 6.87. The average Bonchev–Trinajstić information content (AvgIpc) is 2.82. The molecule has 5 heteroatoms. The quantitative estimate of drug-likeness (QED) is 0.568. The van der Waals surface area contributed by atoms with E-state index in [0.29, 0.717) is 28.9 Å². The highest BCUT2D eigenvalue weighted by Crippen LogP contribution is 2.20. The lowest BCUT2D eigenvalue weighted by atomic mass is 10.2. The molecule has 0 fully saturated rings. The number of amides is 1. The summed E-state index contributed by atoms with van der Waals surface area (Å²) in [6.45, 7) is 1.91. The molecule has 2 aromatic rings. The van der Waals surface area contributed by atoms with Gasteiger partial charge in [0.15, 0.2) is 6.29 Å². The zero-order chi connectivity index (χ0) is 13.1. The van der Waals surface area contributed by atoms with Crippen molar-refractivity contribution in [1.82, 2.24) is 4.98 Å². The molecule has 0 aliphatic carbocycles. The Morgan fingerprint density at radius 3 is 2.83 bits per heavy atom. The van der Waals surface area contributed by atoms with Crippen LogP contribution in [0.4, 0.5) is 11.4 Å². The van der Waals surface area contributed by atoms with Crippen molar-refractivity contribution in [3.63, 3.8) is 0 Å². The molecule has 18 heavy (non-hydrogen) atoms. The van der Waals surface area contributed by atoms with Crippen LogP contribution in [0.5, 0.6) is 0 Å². The van der Waals surface area contributed by atoms with Crippen molar-refractivity contribution < 1.29 is 9.59 Å². The number of nitrogen functional groups attached to an aromatic ring is 1. The fourth-order valence-corrected chi connectivity index (χ4v) is 1.58. The van der Waals surface area contributed by atoms with Gasteiger partial charge in [0.2, 0.25) is 0 Å². The van der Waals surface area contributed by atoms with Crippen LogP contribution in [0.25, 0.3) is 0 Å². The lowest BCUT2D eigenvalue weighted by Gasteiger charge is -2.08. The van der Waals surface area contributed by atoms with Crippen molar-refractivity contribution in [2.24, 2.45) is 0 Å². The Morgan fingerprint density at radius 1 is 1.39 bits per heavy atom. The summed E-state index contributed by atoms with van der Waals surface area (Å²) in [7, 11) is 0. The van der Waals surface area contributed by atoms with E-state index in [1.54, 1.807) is 12.1 Å². The van der Waals surface area contributed by atoms with E-state index < -0.39 is 0 Å². The van der Waals surface area contributed by atoms with Gasteiger partial charge >= 0.3 is 0 Å². The number of nitrogens with two attached hydrogens (primary N) is 1. The fraction of sp³-hybridized carbons (Fsp3) is 0.0769. The number of anilines is 2. The number of H-pyrrole nitrogens is 1. The summed E-state index contributed by atoms with van der Waals surface area (Å²) in [5, 5.41) is 2.69. The van der Waals surface area contributed by atoms with Gasteiger partial charge in [0.25, 0.3) is 5.91 Å². The summed E-state index contributed by atoms with van der Waals surface area (Å²) >= 11 is 0. The first-order chi connectivity index (χ1) is 8.60. The zero-order valence-electron chi connectivity index (χ0n) is 9.86. The van der Waals surface area contributed by atoms with Crippen LogP contribution < -0.4 is 11.1 Å². The Labute approximate surface area is 104 Å². The van der Waals surface area contributed by atoms with Crippen molar-refractivity contribution in [1.29, 1.82) is 0 Å². The summed E-state index contributed by atoms with van der Waals surface area (Å²) in [5.74, 6) is -0.333. The van der Waals surface area contributed by atoms with Gasteiger partial charge in [-0.15, -0.1) is 0 Å². The van der Waals surface area contributed by atoms with Crippen LogP contribution in [0.1, 0.15) is 26.4 Å². The lowest BCUT2D eigenvalue weighted by Crippen LogP contribution is -2.13. The third-order valence-electron chi connectivity index (χ3n) is 2.54. The number of aldehydes is 1. The second-order valence-electron chi connectivity index (χ2n) is 4.01. The fourth-order valence-electron chi connectivity index (χ4n) is 1.58. The Bertz CT molecular complexity index is 602. The molecule has 0 saturated heterocycles. The number of carbonyl (C=O) groups excluding carboxylic acids is 2. The smallest absolute Gasteiger partial charge is 0.272 e. The van der Waals surface area contributed by atoms with E-state index in [1.807, 2.05) is 13.0 Å². The minimum absolute atomic E-state index is 0.318. The first kappa shape index (κ1) is 11.9. The van der Waals surface area contributed by atoms with Gasteiger partial charge in [-0.2, -0.15) is 0 Å². The first-order valence-electron chi connectivity index (χ1n) is 5.41. The van der Waals surface area contributed by atoms with Crippen molar-refractivity contribution in [3.05, 3.63) is 47.3 Å². The maximum absolute atomic E-state index is 11.9. The van der Waals surface area contributed by atoms with Crippen LogP contribution in [0.2, 0.25) is 0 Å². The Morgan fingerprint density at radius 2 is 2.17 bits per heavy atom. The molecule has 0 saturated carbocycles. The summed E-state index contributed by atoms with van der Waals surface area (Å²) < 4.78 is 0. The van der Waals surface area contributed by atoms with E-state index in [0.717, 1.165) is 5.56 Å². The highest BCUT2D eigenvalue weighted by atomic mass is 16.2. The van der Waals surface area contributed by atoms with Gasteiger partial charge in [-0.3, -0.25) is 9.59 Å². The number of aromatic nitrogens is 1. The monoisotopic (exact) mass is 243 g/mol. The Hall–Kier alpha value is -2.56. The molecule has 1 aromatic carbocycles. The molecule has 1 heterocycles. The van der Waals surface area contributed by atoms with Crippen molar-refractivity contribution >= 4 is 23.6 Å². The molecule has 1 amide bonds. The number of benzene rings is 1. The molecule has 0 aliphatic heterocycles. The summed E-state index contributed by atoms with van der Waals surface area (Å²) in [4.78, 5) is 25.1.